The molecule has 0 bridgehead atoms. The van der Waals surface area contributed by atoms with Crippen molar-refractivity contribution in [2.75, 3.05) is 0 Å². The van der Waals surface area contributed by atoms with E-state index in [0.717, 1.165) is 0 Å². The molecule has 2 saturated carbocycles. The van der Waals surface area contributed by atoms with Crippen molar-refractivity contribution in [3.63, 3.8) is 0 Å². The molecule has 0 radical (unpaired) electrons. The zero-order chi connectivity index (χ0) is 11.6. The Kier molecular flexibility index (Phi) is 1.73. The normalized spacial score (nSPS) is 35.3. The van der Waals surface area contributed by atoms with Gasteiger partial charge >= 0.3 is 0 Å². The summed E-state index contributed by atoms with van der Waals surface area (Å²) in [5.41, 5.74) is -0.761. The van der Waals surface area contributed by atoms with Crippen molar-refractivity contribution in [2.24, 2.45) is 5.41 Å². The highest BCUT2D eigenvalue weighted by molar-refractivity contribution is 7.93. The van der Waals surface area contributed by atoms with E-state index in [1.54, 1.807) is 30.3 Å². The van der Waals surface area contributed by atoms with E-state index in [1.165, 1.54) is 0 Å². The Bertz CT molecular complexity index is 571. The molecule has 84 valence electrons. The number of rotatable bonds is 3. The minimum Gasteiger partial charge on any atom is -0.281 e. The third-order valence-electron chi connectivity index (χ3n) is 3.74. The van der Waals surface area contributed by atoms with Crippen LogP contribution in [0.25, 0.3) is 0 Å². The van der Waals surface area contributed by atoms with Gasteiger partial charge in [-0.05, 0) is 36.6 Å². The second kappa shape index (κ2) is 2.68. The first-order chi connectivity index (χ1) is 7.46. The molecule has 0 heterocycles. The summed E-state index contributed by atoms with van der Waals surface area (Å²) in [6.45, 7) is 0. The Hall–Kier alpha value is -0.870. The standard InChI is InChI=1S/C11H9ClO3S/c12-9(13)10-6-11(10,7-10)16(14,15)8-4-2-1-3-5-8/h1-5H,6-7H2. The van der Waals surface area contributed by atoms with Crippen molar-refractivity contribution >= 4 is 26.7 Å². The van der Waals surface area contributed by atoms with E-state index in [1.807, 2.05) is 0 Å². The van der Waals surface area contributed by atoms with E-state index in [2.05, 4.69) is 0 Å². The topological polar surface area (TPSA) is 51.2 Å². The number of carbonyl (C=O) groups is 1. The number of benzene rings is 1. The number of fused-ring (bicyclic) bond motifs is 1. The van der Waals surface area contributed by atoms with Crippen LogP contribution >= 0.6 is 11.6 Å². The quantitative estimate of drug-likeness (QED) is 0.775. The van der Waals surface area contributed by atoms with Crippen LogP contribution in [0, 0.1) is 5.41 Å². The van der Waals surface area contributed by atoms with E-state index in [0.29, 0.717) is 12.8 Å². The summed E-state index contributed by atoms with van der Waals surface area (Å²) in [6.07, 6.45) is 0.777. The second-order valence-corrected chi connectivity index (χ2v) is 7.12. The highest BCUT2D eigenvalue weighted by Crippen LogP contribution is 2.84. The Morgan fingerprint density at radius 2 is 1.75 bits per heavy atom. The smallest absolute Gasteiger partial charge is 0.229 e. The summed E-state index contributed by atoms with van der Waals surface area (Å²) >= 11 is 5.44. The first-order valence-corrected chi connectivity index (χ1v) is 6.82. The monoisotopic (exact) mass is 256 g/mol. The molecule has 0 N–H and O–H groups in total. The van der Waals surface area contributed by atoms with Gasteiger partial charge in [0.2, 0.25) is 5.24 Å². The van der Waals surface area contributed by atoms with Gasteiger partial charge in [-0.2, -0.15) is 0 Å². The summed E-state index contributed by atoms with van der Waals surface area (Å²) in [5, 5.41) is -0.507. The Morgan fingerprint density at radius 1 is 1.19 bits per heavy atom. The molecular weight excluding hydrogens is 248 g/mol. The van der Waals surface area contributed by atoms with E-state index < -0.39 is 25.2 Å². The zero-order valence-corrected chi connectivity index (χ0v) is 9.88. The predicted molar refractivity (Wildman–Crippen MR) is 58.9 cm³/mol. The average molecular weight is 257 g/mol. The number of carbonyl (C=O) groups excluding carboxylic acids is 1. The number of sulfone groups is 1. The van der Waals surface area contributed by atoms with Gasteiger partial charge in [0.15, 0.2) is 9.84 Å². The van der Waals surface area contributed by atoms with Gasteiger partial charge in [-0.15, -0.1) is 0 Å². The Labute approximate surface area is 98.3 Å². The molecule has 2 aliphatic carbocycles. The lowest BCUT2D eigenvalue weighted by atomic mass is 10.2. The van der Waals surface area contributed by atoms with E-state index >= 15 is 0 Å². The van der Waals surface area contributed by atoms with Crippen LogP contribution in [0.1, 0.15) is 12.8 Å². The van der Waals surface area contributed by atoms with E-state index in [9.17, 15) is 13.2 Å². The maximum absolute atomic E-state index is 12.3. The average Bonchev–Trinajstić information content (AvgIpc) is 3.04. The molecule has 2 fully saturated rings. The minimum atomic E-state index is -3.40. The van der Waals surface area contributed by atoms with Crippen LogP contribution in [-0.2, 0) is 14.6 Å². The second-order valence-electron chi connectivity index (χ2n) is 4.52. The summed E-state index contributed by atoms with van der Waals surface area (Å²) < 4.78 is 23.6. The molecule has 3 nitrogen and oxygen atoms in total. The van der Waals surface area contributed by atoms with Crippen molar-refractivity contribution in [3.05, 3.63) is 30.3 Å². The summed E-state index contributed by atoms with van der Waals surface area (Å²) in [4.78, 5) is 11.4. The van der Waals surface area contributed by atoms with E-state index in [4.69, 9.17) is 11.6 Å². The molecule has 0 atom stereocenters. The van der Waals surface area contributed by atoms with Crippen LogP contribution in [0.4, 0.5) is 0 Å². The van der Waals surface area contributed by atoms with Gasteiger partial charge in [-0.3, -0.25) is 4.79 Å². The fourth-order valence-electron chi connectivity index (χ4n) is 2.43. The van der Waals surface area contributed by atoms with E-state index in [-0.39, 0.29) is 4.90 Å². The van der Waals surface area contributed by atoms with Crippen molar-refractivity contribution in [1.82, 2.24) is 0 Å². The molecule has 16 heavy (non-hydrogen) atoms. The molecule has 0 amide bonds. The highest BCUT2D eigenvalue weighted by atomic mass is 35.5. The first kappa shape index (κ1) is 10.3. The molecular formula is C11H9ClO3S. The summed E-state index contributed by atoms with van der Waals surface area (Å²) in [7, 11) is -3.40. The molecule has 0 aliphatic heterocycles. The Balaban J connectivity index is 2.03. The summed E-state index contributed by atoms with van der Waals surface area (Å²) in [5.74, 6) is 0. The number of hydrogen-bond acceptors (Lipinski definition) is 3. The SMILES string of the molecule is O=C(Cl)C12CC1(S(=O)(=O)c1ccccc1)C2. The largest absolute Gasteiger partial charge is 0.281 e. The van der Waals surface area contributed by atoms with Gasteiger partial charge in [-0.25, -0.2) is 8.42 Å². The Morgan fingerprint density at radius 3 is 2.19 bits per heavy atom. The van der Waals surface area contributed by atoms with Gasteiger partial charge in [0.1, 0.15) is 0 Å². The number of hydrogen-bond donors (Lipinski definition) is 0. The van der Waals surface area contributed by atoms with Gasteiger partial charge in [0, 0.05) is 0 Å². The van der Waals surface area contributed by atoms with Crippen LogP contribution in [-0.4, -0.2) is 18.4 Å². The number of halogens is 1. The van der Waals surface area contributed by atoms with Crippen molar-refractivity contribution in [1.29, 1.82) is 0 Å². The molecule has 0 aromatic heterocycles. The van der Waals surface area contributed by atoms with Crippen molar-refractivity contribution in [3.8, 4) is 0 Å². The highest BCUT2D eigenvalue weighted by Gasteiger charge is 2.92. The van der Waals surface area contributed by atoms with Crippen LogP contribution in [0.3, 0.4) is 0 Å². The minimum absolute atomic E-state index is 0.285. The predicted octanol–water partition coefficient (Wildman–Crippen LogP) is 1.76. The molecule has 2 aliphatic rings. The molecule has 1 aromatic rings. The molecule has 1 aromatic carbocycles. The third kappa shape index (κ3) is 0.949. The first-order valence-electron chi connectivity index (χ1n) is 4.96. The summed E-state index contributed by atoms with van der Waals surface area (Å²) in [6, 6.07) is 8.24. The molecule has 3 rings (SSSR count). The van der Waals surface area contributed by atoms with Gasteiger partial charge in [-0.1, -0.05) is 18.2 Å². The third-order valence-corrected chi connectivity index (χ3v) is 6.70. The molecule has 5 heteroatoms. The molecule has 0 unspecified atom stereocenters. The van der Waals surface area contributed by atoms with Gasteiger partial charge in [0.25, 0.3) is 0 Å². The van der Waals surface area contributed by atoms with Gasteiger partial charge < -0.3 is 0 Å². The van der Waals surface area contributed by atoms with Gasteiger partial charge in [0.05, 0.1) is 15.1 Å². The van der Waals surface area contributed by atoms with Crippen LogP contribution in [0.15, 0.2) is 35.2 Å². The zero-order valence-electron chi connectivity index (χ0n) is 8.31. The lowest BCUT2D eigenvalue weighted by Crippen LogP contribution is -2.14. The van der Waals surface area contributed by atoms with Crippen molar-refractivity contribution in [2.45, 2.75) is 22.5 Å². The lowest BCUT2D eigenvalue weighted by Gasteiger charge is -2.05. The van der Waals surface area contributed by atoms with Crippen molar-refractivity contribution < 1.29 is 13.2 Å². The van der Waals surface area contributed by atoms with Crippen LogP contribution in [0.2, 0.25) is 0 Å². The van der Waals surface area contributed by atoms with Crippen LogP contribution < -0.4 is 0 Å². The fraction of sp³-hybridized carbons (Fsp3) is 0.364. The lowest BCUT2D eigenvalue weighted by molar-refractivity contribution is -0.114. The molecule has 0 spiro atoms. The molecule has 0 saturated heterocycles. The maximum Gasteiger partial charge on any atom is 0.229 e. The van der Waals surface area contributed by atoms with Crippen LogP contribution in [0.5, 0.6) is 0 Å². The fourth-order valence-corrected chi connectivity index (χ4v) is 5.24. The maximum atomic E-state index is 12.3.